The van der Waals surface area contributed by atoms with Crippen LogP contribution in [0.15, 0.2) is 24.3 Å². The molecule has 116 valence electrons. The highest BCUT2D eigenvalue weighted by molar-refractivity contribution is 5.94. The van der Waals surface area contributed by atoms with E-state index in [1.54, 1.807) is 24.3 Å². The number of nitrogen functional groups attached to an aromatic ring is 1. The van der Waals surface area contributed by atoms with Crippen molar-refractivity contribution in [2.75, 3.05) is 18.8 Å². The van der Waals surface area contributed by atoms with Crippen LogP contribution in [0.4, 0.5) is 10.5 Å². The Balaban J connectivity index is 2.41. The molecule has 21 heavy (non-hydrogen) atoms. The van der Waals surface area contributed by atoms with E-state index in [1.165, 1.54) is 4.90 Å². The highest BCUT2D eigenvalue weighted by Crippen LogP contribution is 2.13. The minimum absolute atomic E-state index is 0.187. The number of benzene rings is 1. The first-order valence-electron chi connectivity index (χ1n) is 6.86. The number of carbonyl (C=O) groups excluding carboxylic acids is 1. The molecule has 0 unspecified atom stereocenters. The Kier molecular flexibility index (Phi) is 5.58. The molecule has 0 atom stereocenters. The van der Waals surface area contributed by atoms with E-state index in [4.69, 9.17) is 10.8 Å². The lowest BCUT2D eigenvalue weighted by Gasteiger charge is -2.33. The summed E-state index contributed by atoms with van der Waals surface area (Å²) >= 11 is 0. The fourth-order valence-corrected chi connectivity index (χ4v) is 1.89. The zero-order valence-corrected chi connectivity index (χ0v) is 12.7. The molecule has 0 aliphatic heterocycles. The summed E-state index contributed by atoms with van der Waals surface area (Å²) in [4.78, 5) is 24.4. The zero-order valence-electron chi connectivity index (χ0n) is 12.7. The predicted molar refractivity (Wildman–Crippen MR) is 82.3 cm³/mol. The van der Waals surface area contributed by atoms with Crippen LogP contribution in [-0.4, -0.2) is 40.6 Å². The molecule has 2 amide bonds. The van der Waals surface area contributed by atoms with Gasteiger partial charge in [0.15, 0.2) is 0 Å². The first kappa shape index (κ1) is 16.8. The Morgan fingerprint density at radius 2 is 1.81 bits per heavy atom. The van der Waals surface area contributed by atoms with Gasteiger partial charge in [-0.1, -0.05) is 0 Å². The third-order valence-electron chi connectivity index (χ3n) is 3.06. The number of carbonyl (C=O) groups is 2. The number of amides is 2. The second kappa shape index (κ2) is 6.97. The number of carboxylic acid groups (broad SMARTS) is 1. The average Bonchev–Trinajstić information content (AvgIpc) is 2.37. The Morgan fingerprint density at radius 1 is 1.24 bits per heavy atom. The molecule has 1 aromatic rings. The molecule has 0 aliphatic carbocycles. The summed E-state index contributed by atoms with van der Waals surface area (Å²) in [7, 11) is 0. The Hall–Kier alpha value is -2.24. The monoisotopic (exact) mass is 293 g/mol. The van der Waals surface area contributed by atoms with Crippen molar-refractivity contribution in [1.29, 1.82) is 0 Å². The molecule has 1 aromatic carbocycles. The van der Waals surface area contributed by atoms with Gasteiger partial charge in [-0.2, -0.15) is 0 Å². The molecule has 0 aromatic heterocycles. The van der Waals surface area contributed by atoms with Crippen LogP contribution < -0.4 is 11.1 Å². The van der Waals surface area contributed by atoms with Gasteiger partial charge in [0.1, 0.15) is 0 Å². The number of nitrogens with two attached hydrogens (primary N) is 1. The highest BCUT2D eigenvalue weighted by Gasteiger charge is 2.25. The number of rotatable bonds is 5. The third-order valence-corrected chi connectivity index (χ3v) is 3.06. The van der Waals surface area contributed by atoms with Gasteiger partial charge in [-0.15, -0.1) is 0 Å². The van der Waals surface area contributed by atoms with E-state index in [9.17, 15) is 9.59 Å². The smallest absolute Gasteiger partial charge is 0.407 e. The van der Waals surface area contributed by atoms with Gasteiger partial charge < -0.3 is 21.1 Å². The van der Waals surface area contributed by atoms with E-state index in [0.29, 0.717) is 30.8 Å². The van der Waals surface area contributed by atoms with Crippen molar-refractivity contribution in [2.45, 2.75) is 32.7 Å². The minimum Gasteiger partial charge on any atom is -0.465 e. The van der Waals surface area contributed by atoms with Crippen LogP contribution in [0.25, 0.3) is 0 Å². The van der Waals surface area contributed by atoms with Gasteiger partial charge in [-0.25, -0.2) is 4.79 Å². The number of nitrogens with zero attached hydrogens (tertiary/aromatic N) is 1. The molecular weight excluding hydrogens is 270 g/mol. The first-order chi connectivity index (χ1) is 9.71. The van der Waals surface area contributed by atoms with E-state index in [2.05, 4.69) is 5.32 Å². The summed E-state index contributed by atoms with van der Waals surface area (Å²) < 4.78 is 0. The highest BCUT2D eigenvalue weighted by atomic mass is 16.4. The van der Waals surface area contributed by atoms with Gasteiger partial charge in [0.2, 0.25) is 0 Å². The van der Waals surface area contributed by atoms with Crippen LogP contribution in [0, 0.1) is 0 Å². The zero-order chi connectivity index (χ0) is 16.0. The first-order valence-corrected chi connectivity index (χ1v) is 6.86. The summed E-state index contributed by atoms with van der Waals surface area (Å²) in [5.41, 5.74) is 6.25. The van der Waals surface area contributed by atoms with E-state index in [1.807, 2.05) is 20.8 Å². The van der Waals surface area contributed by atoms with Crippen LogP contribution in [0.5, 0.6) is 0 Å². The largest absolute Gasteiger partial charge is 0.465 e. The summed E-state index contributed by atoms with van der Waals surface area (Å²) in [6.45, 7) is 6.32. The summed E-state index contributed by atoms with van der Waals surface area (Å²) in [6, 6.07) is 6.65. The van der Waals surface area contributed by atoms with Gasteiger partial charge >= 0.3 is 6.09 Å². The lowest BCUT2D eigenvalue weighted by atomic mass is 10.1. The molecule has 6 heteroatoms. The lowest BCUT2D eigenvalue weighted by Crippen LogP contribution is -2.46. The maximum Gasteiger partial charge on any atom is 0.407 e. The molecule has 0 bridgehead atoms. The van der Waals surface area contributed by atoms with Gasteiger partial charge in [0.05, 0.1) is 0 Å². The van der Waals surface area contributed by atoms with Crippen molar-refractivity contribution in [2.24, 2.45) is 0 Å². The molecular formula is C15H23N3O3. The molecule has 0 radical (unpaired) electrons. The topological polar surface area (TPSA) is 95.7 Å². The van der Waals surface area contributed by atoms with Crippen LogP contribution >= 0.6 is 0 Å². The normalized spacial score (nSPS) is 11.0. The molecule has 0 fully saturated rings. The van der Waals surface area contributed by atoms with E-state index >= 15 is 0 Å². The van der Waals surface area contributed by atoms with Crippen LogP contribution in [0.1, 0.15) is 37.6 Å². The second-order valence-corrected chi connectivity index (χ2v) is 5.84. The second-order valence-electron chi connectivity index (χ2n) is 5.84. The van der Waals surface area contributed by atoms with Crippen molar-refractivity contribution < 1.29 is 14.7 Å². The standard InChI is InChI=1S/C15H23N3O3/c1-15(2,3)18(14(20)21)10-4-9-17-13(19)11-5-7-12(16)8-6-11/h5-8H,4,9-10,16H2,1-3H3,(H,17,19)(H,20,21). The predicted octanol–water partition coefficient (Wildman–Crippen LogP) is 2.17. The van der Waals surface area contributed by atoms with Gasteiger partial charge in [-0.3, -0.25) is 4.79 Å². The van der Waals surface area contributed by atoms with Crippen LogP contribution in [0.2, 0.25) is 0 Å². The fraction of sp³-hybridized carbons (Fsp3) is 0.467. The maximum absolute atomic E-state index is 11.8. The van der Waals surface area contributed by atoms with E-state index in [0.717, 1.165) is 0 Å². The molecule has 1 rings (SSSR count). The molecule has 0 saturated heterocycles. The van der Waals surface area contributed by atoms with Crippen molar-refractivity contribution in [3.8, 4) is 0 Å². The Morgan fingerprint density at radius 3 is 2.29 bits per heavy atom. The Labute approximate surface area is 124 Å². The average molecular weight is 293 g/mol. The van der Waals surface area contributed by atoms with E-state index < -0.39 is 11.6 Å². The summed E-state index contributed by atoms with van der Waals surface area (Å²) in [6.07, 6.45) is -0.392. The summed E-state index contributed by atoms with van der Waals surface area (Å²) in [5, 5.41) is 11.9. The van der Waals surface area contributed by atoms with Gasteiger partial charge in [0, 0.05) is 29.9 Å². The third kappa shape index (κ3) is 5.33. The number of hydrogen-bond donors (Lipinski definition) is 3. The number of nitrogens with one attached hydrogen (secondary N) is 1. The van der Waals surface area contributed by atoms with Crippen molar-refractivity contribution in [1.82, 2.24) is 10.2 Å². The van der Waals surface area contributed by atoms with Gasteiger partial charge in [-0.05, 0) is 51.5 Å². The molecule has 0 heterocycles. The SMILES string of the molecule is CC(C)(C)N(CCCNC(=O)c1ccc(N)cc1)C(=O)O. The fourth-order valence-electron chi connectivity index (χ4n) is 1.89. The minimum atomic E-state index is -0.952. The van der Waals surface area contributed by atoms with Crippen molar-refractivity contribution >= 4 is 17.7 Å². The molecule has 0 saturated carbocycles. The van der Waals surface area contributed by atoms with Crippen LogP contribution in [0.3, 0.4) is 0 Å². The van der Waals surface area contributed by atoms with Crippen molar-refractivity contribution in [3.63, 3.8) is 0 Å². The summed E-state index contributed by atoms with van der Waals surface area (Å²) in [5.74, 6) is -0.187. The quantitative estimate of drug-likeness (QED) is 0.572. The maximum atomic E-state index is 11.8. The van der Waals surface area contributed by atoms with Crippen molar-refractivity contribution in [3.05, 3.63) is 29.8 Å². The molecule has 0 spiro atoms. The van der Waals surface area contributed by atoms with Gasteiger partial charge in [0.25, 0.3) is 5.91 Å². The number of anilines is 1. The van der Waals surface area contributed by atoms with Crippen LogP contribution in [-0.2, 0) is 0 Å². The lowest BCUT2D eigenvalue weighted by molar-refractivity contribution is 0.0936. The van der Waals surface area contributed by atoms with E-state index in [-0.39, 0.29) is 5.91 Å². The number of hydrogen-bond acceptors (Lipinski definition) is 3. The molecule has 6 nitrogen and oxygen atoms in total. The Bertz CT molecular complexity index is 492. The molecule has 0 aliphatic rings. The molecule has 4 N–H and O–H groups in total.